The van der Waals surface area contributed by atoms with Crippen LogP contribution >= 0.6 is 0 Å². The lowest BCUT2D eigenvalue weighted by atomic mass is 9.83. The molecule has 1 aromatic heterocycles. The molecule has 0 radical (unpaired) electrons. The van der Waals surface area contributed by atoms with Crippen LogP contribution in [0.1, 0.15) is 29.5 Å². The van der Waals surface area contributed by atoms with Crippen molar-refractivity contribution in [2.24, 2.45) is 4.99 Å². The van der Waals surface area contributed by atoms with Crippen LogP contribution in [0.2, 0.25) is 0 Å². The van der Waals surface area contributed by atoms with Crippen molar-refractivity contribution >= 4 is 17.4 Å². The van der Waals surface area contributed by atoms with Crippen molar-refractivity contribution in [3.8, 4) is 11.8 Å². The van der Waals surface area contributed by atoms with Gasteiger partial charge in [-0.3, -0.25) is 0 Å². The van der Waals surface area contributed by atoms with Gasteiger partial charge in [-0.25, -0.2) is 4.79 Å². The normalized spacial score (nSPS) is 15.8. The highest BCUT2D eigenvalue weighted by Crippen LogP contribution is 2.44. The highest BCUT2D eigenvalue weighted by Gasteiger charge is 2.36. The van der Waals surface area contributed by atoms with Gasteiger partial charge in [0.05, 0.1) is 23.5 Å². The second-order valence-electron chi connectivity index (χ2n) is 6.59. The maximum atomic E-state index is 12.9. The highest BCUT2D eigenvalue weighted by molar-refractivity contribution is 5.86. The average molecular weight is 386 g/mol. The van der Waals surface area contributed by atoms with E-state index in [1.807, 2.05) is 50.2 Å². The fourth-order valence-electron chi connectivity index (χ4n) is 3.37. The summed E-state index contributed by atoms with van der Waals surface area (Å²) in [7, 11) is 0. The van der Waals surface area contributed by atoms with Gasteiger partial charge in [0.25, 0.3) is 0 Å². The van der Waals surface area contributed by atoms with Crippen LogP contribution in [0.5, 0.6) is 5.75 Å². The zero-order chi connectivity index (χ0) is 20.4. The summed E-state index contributed by atoms with van der Waals surface area (Å²) in [5.74, 6) is -0.196. The molecule has 0 N–H and O–H groups in total. The molecule has 2 heterocycles. The second kappa shape index (κ2) is 7.64. The summed E-state index contributed by atoms with van der Waals surface area (Å²) in [4.78, 5) is 17.1. The average Bonchev–Trinajstić information content (AvgIpc) is 2.73. The second-order valence-corrected chi connectivity index (χ2v) is 6.59. The van der Waals surface area contributed by atoms with Crippen LogP contribution in [0, 0.1) is 18.3 Å². The number of aryl methyl sites for hydroxylation is 1. The van der Waals surface area contributed by atoms with Gasteiger partial charge in [-0.1, -0.05) is 42.0 Å². The largest absolute Gasteiger partial charge is 0.483 e. The number of allylic oxidation sites excluding steroid dienone is 1. The topological polar surface area (TPSA) is 84.8 Å². The van der Waals surface area contributed by atoms with Gasteiger partial charge in [-0.05, 0) is 31.5 Å². The number of aliphatic imine (C=N–C) groups is 1. The molecular formula is C23H18N2O4. The van der Waals surface area contributed by atoms with Gasteiger partial charge in [0.1, 0.15) is 17.2 Å². The number of rotatable bonds is 4. The first-order valence-electron chi connectivity index (χ1n) is 9.22. The van der Waals surface area contributed by atoms with Crippen LogP contribution in [0.15, 0.2) is 74.2 Å². The Morgan fingerprint density at radius 2 is 1.97 bits per heavy atom. The fraction of sp³-hybridized carbons (Fsp3) is 0.174. The summed E-state index contributed by atoms with van der Waals surface area (Å²) < 4.78 is 16.7. The lowest BCUT2D eigenvalue weighted by Crippen LogP contribution is -2.23. The van der Waals surface area contributed by atoms with Crippen molar-refractivity contribution < 1.29 is 13.9 Å². The summed E-state index contributed by atoms with van der Waals surface area (Å²) in [5, 5.41) is 10.5. The Morgan fingerprint density at radius 1 is 1.21 bits per heavy atom. The van der Waals surface area contributed by atoms with Crippen molar-refractivity contribution in [3.63, 3.8) is 0 Å². The highest BCUT2D eigenvalue weighted by atomic mass is 16.5. The zero-order valence-electron chi connectivity index (χ0n) is 16.0. The number of nitriles is 1. The smallest absolute Gasteiger partial charge is 0.344 e. The third-order valence-electron chi connectivity index (χ3n) is 4.75. The minimum atomic E-state index is -0.654. The summed E-state index contributed by atoms with van der Waals surface area (Å²) >= 11 is 0. The molecule has 1 atom stereocenters. The minimum absolute atomic E-state index is 0.106. The summed E-state index contributed by atoms with van der Waals surface area (Å²) in [5.41, 5.74) is 2.24. The number of hydrogen-bond acceptors (Lipinski definition) is 6. The van der Waals surface area contributed by atoms with Gasteiger partial charge >= 0.3 is 5.63 Å². The Kier molecular flexibility index (Phi) is 4.88. The van der Waals surface area contributed by atoms with Crippen molar-refractivity contribution in [2.45, 2.75) is 19.8 Å². The molecule has 0 amide bonds. The van der Waals surface area contributed by atoms with Gasteiger partial charge in [-0.15, -0.1) is 0 Å². The van der Waals surface area contributed by atoms with Gasteiger partial charge < -0.3 is 13.9 Å². The SMILES string of the molecule is CCO/C=N/C1=C(C#N)C(c2ccc(C)cc2)c2c(c3ccccc3oc2=O)O1. The molecule has 0 saturated carbocycles. The van der Waals surface area contributed by atoms with E-state index in [9.17, 15) is 10.1 Å². The number of nitrogens with zero attached hydrogens (tertiary/aromatic N) is 2. The molecule has 6 nitrogen and oxygen atoms in total. The van der Waals surface area contributed by atoms with E-state index >= 15 is 0 Å². The van der Waals surface area contributed by atoms with Crippen molar-refractivity contribution in [2.75, 3.05) is 6.61 Å². The Morgan fingerprint density at radius 3 is 2.69 bits per heavy atom. The van der Waals surface area contributed by atoms with Crippen LogP contribution in [0.4, 0.5) is 0 Å². The lowest BCUT2D eigenvalue weighted by molar-refractivity contribution is 0.335. The first-order chi connectivity index (χ1) is 14.1. The molecule has 144 valence electrons. The molecule has 1 aliphatic rings. The number of fused-ring (bicyclic) bond motifs is 3. The van der Waals surface area contributed by atoms with E-state index in [0.717, 1.165) is 11.1 Å². The van der Waals surface area contributed by atoms with Crippen molar-refractivity contribution in [3.05, 3.63) is 87.1 Å². The molecule has 1 aliphatic heterocycles. The van der Waals surface area contributed by atoms with E-state index in [2.05, 4.69) is 11.1 Å². The summed E-state index contributed by atoms with van der Waals surface area (Å²) in [6.45, 7) is 4.24. The van der Waals surface area contributed by atoms with Crippen LogP contribution in [0.25, 0.3) is 11.0 Å². The molecule has 1 unspecified atom stereocenters. The Bertz CT molecular complexity index is 1230. The predicted molar refractivity (Wildman–Crippen MR) is 109 cm³/mol. The first-order valence-corrected chi connectivity index (χ1v) is 9.22. The molecule has 0 fully saturated rings. The molecule has 0 aliphatic carbocycles. The van der Waals surface area contributed by atoms with E-state index in [-0.39, 0.29) is 11.5 Å². The van der Waals surface area contributed by atoms with Gasteiger partial charge in [0, 0.05) is 0 Å². The molecule has 4 rings (SSSR count). The van der Waals surface area contributed by atoms with Gasteiger partial charge in [-0.2, -0.15) is 10.3 Å². The molecule has 2 aromatic carbocycles. The molecule has 0 bridgehead atoms. The third-order valence-corrected chi connectivity index (χ3v) is 4.75. The van der Waals surface area contributed by atoms with Crippen LogP contribution < -0.4 is 10.4 Å². The monoisotopic (exact) mass is 386 g/mol. The summed E-state index contributed by atoms with van der Waals surface area (Å²) in [6, 6.07) is 16.9. The van der Waals surface area contributed by atoms with Gasteiger partial charge in [0.15, 0.2) is 12.2 Å². The standard InChI is InChI=1S/C23H18N2O4/c1-3-27-13-25-22-17(12-24)19(15-10-8-14(2)9-11-15)20-21(29-22)16-6-4-5-7-18(16)28-23(20)26/h4-11,13,19H,3H2,1-2H3/b25-13+. The molecular weight excluding hydrogens is 368 g/mol. The number of ether oxygens (including phenoxy) is 2. The fourth-order valence-corrected chi connectivity index (χ4v) is 3.37. The van der Waals surface area contributed by atoms with E-state index in [0.29, 0.717) is 28.9 Å². The number of para-hydroxylation sites is 1. The summed E-state index contributed by atoms with van der Waals surface area (Å²) in [6.07, 6.45) is 1.25. The third kappa shape index (κ3) is 3.27. The van der Waals surface area contributed by atoms with Crippen LogP contribution in [-0.2, 0) is 4.74 Å². The van der Waals surface area contributed by atoms with Crippen LogP contribution in [-0.4, -0.2) is 13.0 Å². The maximum absolute atomic E-state index is 12.9. The number of benzene rings is 2. The van der Waals surface area contributed by atoms with Crippen molar-refractivity contribution in [1.29, 1.82) is 5.26 Å². The first kappa shape index (κ1) is 18.5. The van der Waals surface area contributed by atoms with E-state index in [1.165, 1.54) is 6.40 Å². The zero-order valence-corrected chi connectivity index (χ0v) is 16.0. The molecule has 29 heavy (non-hydrogen) atoms. The molecule has 3 aromatic rings. The van der Waals surface area contributed by atoms with Gasteiger partial charge in [0.2, 0.25) is 5.88 Å². The Labute approximate surface area is 167 Å². The van der Waals surface area contributed by atoms with E-state index in [1.54, 1.807) is 12.1 Å². The molecule has 6 heteroatoms. The Hall–Kier alpha value is -3.85. The van der Waals surface area contributed by atoms with Crippen molar-refractivity contribution in [1.82, 2.24) is 0 Å². The van der Waals surface area contributed by atoms with E-state index in [4.69, 9.17) is 13.9 Å². The maximum Gasteiger partial charge on any atom is 0.344 e. The molecule has 0 spiro atoms. The molecule has 0 saturated heterocycles. The lowest BCUT2D eigenvalue weighted by Gasteiger charge is -2.26. The van der Waals surface area contributed by atoms with E-state index < -0.39 is 11.5 Å². The minimum Gasteiger partial charge on any atom is -0.483 e. The predicted octanol–water partition coefficient (Wildman–Crippen LogP) is 4.43. The number of hydrogen-bond donors (Lipinski definition) is 0. The Balaban J connectivity index is 2.02. The van der Waals surface area contributed by atoms with Crippen LogP contribution in [0.3, 0.4) is 0 Å². The quantitative estimate of drug-likeness (QED) is 0.376.